The van der Waals surface area contributed by atoms with Gasteiger partial charge in [0.1, 0.15) is 11.5 Å². The van der Waals surface area contributed by atoms with Crippen molar-refractivity contribution in [2.24, 2.45) is 0 Å². The first-order valence-electron chi connectivity index (χ1n) is 6.77. The molecule has 2 rings (SSSR count). The van der Waals surface area contributed by atoms with Gasteiger partial charge in [0.15, 0.2) is 9.84 Å². The molecule has 0 aliphatic carbocycles. The van der Waals surface area contributed by atoms with Gasteiger partial charge in [0, 0.05) is 19.2 Å². The second-order valence-electron chi connectivity index (χ2n) is 5.53. The molecule has 0 bridgehead atoms. The van der Waals surface area contributed by atoms with Crippen LogP contribution in [0.1, 0.15) is 35.7 Å². The summed E-state index contributed by atoms with van der Waals surface area (Å²) in [5.74, 6) is -0.887. The van der Waals surface area contributed by atoms with E-state index in [9.17, 15) is 23.4 Å². The van der Waals surface area contributed by atoms with Crippen LogP contribution >= 0.6 is 0 Å². The van der Waals surface area contributed by atoms with Crippen molar-refractivity contribution in [3.8, 4) is 11.5 Å². The number of phenolic OH excluding ortho intramolecular Hbond substituents is 2. The Labute approximate surface area is 123 Å². The van der Waals surface area contributed by atoms with Crippen molar-refractivity contribution in [3.05, 3.63) is 23.3 Å². The third kappa shape index (κ3) is 3.29. The van der Waals surface area contributed by atoms with Gasteiger partial charge in [-0.25, -0.2) is 8.42 Å². The molecule has 1 aliphatic heterocycles. The van der Waals surface area contributed by atoms with E-state index >= 15 is 0 Å². The highest BCUT2D eigenvalue weighted by Gasteiger charge is 2.27. The van der Waals surface area contributed by atoms with Crippen molar-refractivity contribution in [1.29, 1.82) is 0 Å². The number of phenols is 2. The van der Waals surface area contributed by atoms with Crippen LogP contribution in [-0.2, 0) is 9.84 Å². The van der Waals surface area contributed by atoms with Gasteiger partial charge in [-0.05, 0) is 17.5 Å². The molecule has 0 unspecified atom stereocenters. The maximum atomic E-state index is 12.4. The van der Waals surface area contributed by atoms with Crippen LogP contribution < -0.4 is 0 Å². The number of benzene rings is 1. The Morgan fingerprint density at radius 1 is 1.14 bits per heavy atom. The van der Waals surface area contributed by atoms with Crippen LogP contribution in [0.4, 0.5) is 0 Å². The maximum Gasteiger partial charge on any atom is 0.257 e. The highest BCUT2D eigenvalue weighted by molar-refractivity contribution is 7.91. The molecular weight excluding hydrogens is 294 g/mol. The lowest BCUT2D eigenvalue weighted by Crippen LogP contribution is -2.43. The molecule has 1 saturated heterocycles. The number of hydrogen-bond donors (Lipinski definition) is 2. The summed E-state index contributed by atoms with van der Waals surface area (Å²) in [5.41, 5.74) is 0.663. The lowest BCUT2D eigenvalue weighted by molar-refractivity contribution is 0.0767. The Morgan fingerprint density at radius 3 is 2.24 bits per heavy atom. The van der Waals surface area contributed by atoms with Gasteiger partial charge in [-0.1, -0.05) is 13.8 Å². The average Bonchev–Trinajstić information content (AvgIpc) is 2.37. The number of carbonyl (C=O) groups is 1. The lowest BCUT2D eigenvalue weighted by atomic mass is 9.98. The fourth-order valence-corrected chi connectivity index (χ4v) is 3.51. The molecule has 7 heteroatoms. The van der Waals surface area contributed by atoms with Gasteiger partial charge in [-0.3, -0.25) is 4.79 Å². The third-order valence-corrected chi connectivity index (χ3v) is 5.24. The summed E-state index contributed by atoms with van der Waals surface area (Å²) in [6, 6.07) is 2.63. The summed E-state index contributed by atoms with van der Waals surface area (Å²) in [4.78, 5) is 13.8. The second-order valence-corrected chi connectivity index (χ2v) is 7.83. The van der Waals surface area contributed by atoms with Crippen LogP contribution in [0.2, 0.25) is 0 Å². The van der Waals surface area contributed by atoms with Crippen molar-refractivity contribution in [3.63, 3.8) is 0 Å². The minimum Gasteiger partial charge on any atom is -0.508 e. The lowest BCUT2D eigenvalue weighted by Gasteiger charge is -2.27. The SMILES string of the molecule is CC(C)c1cc(C(=O)N2CCS(=O)(=O)CC2)c(O)cc1O. The van der Waals surface area contributed by atoms with Crippen LogP contribution in [0.15, 0.2) is 12.1 Å². The number of nitrogens with zero attached hydrogens (tertiary/aromatic N) is 1. The summed E-state index contributed by atoms with van der Waals surface area (Å²) in [5, 5.41) is 19.7. The number of carbonyl (C=O) groups excluding carboxylic acids is 1. The number of hydrogen-bond acceptors (Lipinski definition) is 5. The summed E-state index contributed by atoms with van der Waals surface area (Å²) < 4.78 is 22.8. The molecule has 1 fully saturated rings. The molecule has 116 valence electrons. The minimum atomic E-state index is -3.07. The molecule has 1 amide bonds. The van der Waals surface area contributed by atoms with Gasteiger partial charge in [0.25, 0.3) is 5.91 Å². The largest absolute Gasteiger partial charge is 0.508 e. The molecule has 1 aliphatic rings. The quantitative estimate of drug-likeness (QED) is 0.852. The average molecular weight is 313 g/mol. The topological polar surface area (TPSA) is 94.9 Å². The van der Waals surface area contributed by atoms with E-state index in [0.29, 0.717) is 5.56 Å². The third-order valence-electron chi connectivity index (χ3n) is 3.63. The number of rotatable bonds is 2. The van der Waals surface area contributed by atoms with Crippen molar-refractivity contribution in [2.45, 2.75) is 19.8 Å². The van der Waals surface area contributed by atoms with E-state index in [-0.39, 0.29) is 47.6 Å². The molecule has 0 radical (unpaired) electrons. The molecule has 6 nitrogen and oxygen atoms in total. The Morgan fingerprint density at radius 2 is 1.71 bits per heavy atom. The predicted molar refractivity (Wildman–Crippen MR) is 78.4 cm³/mol. The molecule has 0 atom stereocenters. The van der Waals surface area contributed by atoms with E-state index in [0.717, 1.165) is 6.07 Å². The maximum absolute atomic E-state index is 12.4. The number of amides is 1. The zero-order valence-electron chi connectivity index (χ0n) is 12.0. The van der Waals surface area contributed by atoms with E-state index in [1.165, 1.54) is 11.0 Å². The highest BCUT2D eigenvalue weighted by Crippen LogP contribution is 2.33. The Bertz CT molecular complexity index is 652. The first kappa shape index (κ1) is 15.6. The Hall–Kier alpha value is -1.76. The van der Waals surface area contributed by atoms with E-state index < -0.39 is 15.7 Å². The number of aromatic hydroxyl groups is 2. The van der Waals surface area contributed by atoms with Crippen molar-refractivity contribution in [1.82, 2.24) is 4.90 Å². The monoisotopic (exact) mass is 313 g/mol. The van der Waals surface area contributed by atoms with Crippen molar-refractivity contribution < 1.29 is 23.4 Å². The molecule has 0 aromatic heterocycles. The smallest absolute Gasteiger partial charge is 0.257 e. The summed E-state index contributed by atoms with van der Waals surface area (Å²) >= 11 is 0. The van der Waals surface area contributed by atoms with Crippen LogP contribution in [0.3, 0.4) is 0 Å². The van der Waals surface area contributed by atoms with E-state index in [1.807, 2.05) is 13.8 Å². The normalized spacial score (nSPS) is 18.0. The fraction of sp³-hybridized carbons (Fsp3) is 0.500. The van der Waals surface area contributed by atoms with E-state index in [4.69, 9.17) is 0 Å². The van der Waals surface area contributed by atoms with Gasteiger partial charge in [-0.2, -0.15) is 0 Å². The molecular formula is C14H19NO5S. The molecule has 1 aromatic carbocycles. The molecule has 1 heterocycles. The first-order chi connectivity index (χ1) is 9.71. The predicted octanol–water partition coefficient (Wildman–Crippen LogP) is 1.09. The Balaban J connectivity index is 2.29. The van der Waals surface area contributed by atoms with Crippen LogP contribution in [0.5, 0.6) is 11.5 Å². The molecule has 1 aromatic rings. The van der Waals surface area contributed by atoms with Gasteiger partial charge in [0.2, 0.25) is 0 Å². The fourth-order valence-electron chi connectivity index (χ4n) is 2.31. The first-order valence-corrected chi connectivity index (χ1v) is 8.59. The summed E-state index contributed by atoms with van der Waals surface area (Å²) in [6.07, 6.45) is 0. The van der Waals surface area contributed by atoms with Gasteiger partial charge in [0.05, 0.1) is 17.1 Å². The zero-order chi connectivity index (χ0) is 15.8. The van der Waals surface area contributed by atoms with Crippen LogP contribution in [-0.4, -0.2) is 54.0 Å². The van der Waals surface area contributed by atoms with E-state index in [1.54, 1.807) is 0 Å². The zero-order valence-corrected chi connectivity index (χ0v) is 12.9. The van der Waals surface area contributed by atoms with Gasteiger partial charge in [-0.15, -0.1) is 0 Å². The second kappa shape index (κ2) is 5.55. The molecule has 21 heavy (non-hydrogen) atoms. The molecule has 0 saturated carbocycles. The van der Waals surface area contributed by atoms with Crippen molar-refractivity contribution in [2.75, 3.05) is 24.6 Å². The molecule has 2 N–H and O–H groups in total. The minimum absolute atomic E-state index is 0.00103. The molecule has 0 spiro atoms. The summed E-state index contributed by atoms with van der Waals surface area (Å²) in [7, 11) is -3.07. The van der Waals surface area contributed by atoms with Crippen LogP contribution in [0.25, 0.3) is 0 Å². The Kier molecular flexibility index (Phi) is 4.13. The van der Waals surface area contributed by atoms with Crippen LogP contribution in [0, 0.1) is 0 Å². The highest BCUT2D eigenvalue weighted by atomic mass is 32.2. The van der Waals surface area contributed by atoms with Gasteiger partial charge >= 0.3 is 0 Å². The summed E-state index contributed by atoms with van der Waals surface area (Å²) in [6.45, 7) is 3.98. The van der Waals surface area contributed by atoms with Crippen molar-refractivity contribution >= 4 is 15.7 Å². The standard InChI is InChI=1S/C14H19NO5S/c1-9(2)10-7-11(13(17)8-12(10)16)14(18)15-3-5-21(19,20)6-4-15/h7-9,16-17H,3-6H2,1-2H3. The van der Waals surface area contributed by atoms with E-state index in [2.05, 4.69) is 0 Å². The van der Waals surface area contributed by atoms with Gasteiger partial charge < -0.3 is 15.1 Å². The number of sulfone groups is 1.